The van der Waals surface area contributed by atoms with Crippen molar-refractivity contribution in [2.24, 2.45) is 5.92 Å². The summed E-state index contributed by atoms with van der Waals surface area (Å²) in [5.41, 5.74) is 0.553. The maximum absolute atomic E-state index is 13.0. The van der Waals surface area contributed by atoms with Crippen LogP contribution in [-0.4, -0.2) is 43.5 Å². The number of anilines is 1. The van der Waals surface area contributed by atoms with Crippen molar-refractivity contribution in [2.75, 3.05) is 18.4 Å². The summed E-state index contributed by atoms with van der Waals surface area (Å²) < 4.78 is 61.1. The molecule has 0 aliphatic carbocycles. The van der Waals surface area contributed by atoms with Crippen molar-refractivity contribution in [2.45, 2.75) is 38.2 Å². The van der Waals surface area contributed by atoms with Crippen LogP contribution in [0.1, 0.15) is 24.3 Å². The Morgan fingerprint density at radius 2 is 2.13 bits per heavy atom. The minimum atomic E-state index is -3.85. The number of amides is 1. The molecule has 1 fully saturated rings. The van der Waals surface area contributed by atoms with E-state index in [1.807, 2.05) is 0 Å². The molecule has 0 bridgehead atoms. The fourth-order valence-electron chi connectivity index (χ4n) is 3.36. The molecular formula is C18H20ClF2N3O5S. The fourth-order valence-corrected chi connectivity index (χ4v) is 5.40. The second-order valence-electron chi connectivity index (χ2n) is 6.87. The molecule has 1 amide bonds. The molecule has 1 aliphatic rings. The molecule has 1 aromatic carbocycles. The number of nitrogens with zero attached hydrogens (tertiary/aromatic N) is 2. The lowest BCUT2D eigenvalue weighted by Gasteiger charge is -2.31. The highest BCUT2D eigenvalue weighted by Crippen LogP contribution is 2.31. The molecule has 0 spiro atoms. The number of aromatic nitrogens is 1. The fraction of sp³-hybridized carbons (Fsp3) is 0.444. The number of halogens is 3. The molecule has 3 rings (SSSR count). The third kappa shape index (κ3) is 4.73. The molecule has 12 heteroatoms. The Balaban J connectivity index is 1.71. The van der Waals surface area contributed by atoms with E-state index in [1.165, 1.54) is 29.4 Å². The molecule has 2 heterocycles. The van der Waals surface area contributed by atoms with Gasteiger partial charge in [0, 0.05) is 18.8 Å². The van der Waals surface area contributed by atoms with Crippen molar-refractivity contribution in [1.29, 1.82) is 0 Å². The summed E-state index contributed by atoms with van der Waals surface area (Å²) in [5.74, 6) is -1.00. The summed E-state index contributed by atoms with van der Waals surface area (Å²) in [5, 5.41) is 6.25. The van der Waals surface area contributed by atoms with E-state index in [9.17, 15) is 22.0 Å². The van der Waals surface area contributed by atoms with Gasteiger partial charge in [0.05, 0.1) is 10.9 Å². The van der Waals surface area contributed by atoms with Crippen LogP contribution in [0.25, 0.3) is 0 Å². The predicted octanol–water partition coefficient (Wildman–Crippen LogP) is 3.59. The van der Waals surface area contributed by atoms with E-state index in [0.29, 0.717) is 12.8 Å². The number of carbonyl (C=O) groups is 1. The van der Waals surface area contributed by atoms with Gasteiger partial charge >= 0.3 is 6.61 Å². The Kier molecular flexibility index (Phi) is 6.63. The molecular weight excluding hydrogens is 444 g/mol. The van der Waals surface area contributed by atoms with Gasteiger partial charge in [-0.2, -0.15) is 13.1 Å². The summed E-state index contributed by atoms with van der Waals surface area (Å²) in [7, 11) is -3.85. The van der Waals surface area contributed by atoms with Crippen LogP contribution in [0.15, 0.2) is 27.6 Å². The highest BCUT2D eigenvalue weighted by atomic mass is 35.5. The van der Waals surface area contributed by atoms with Crippen molar-refractivity contribution >= 4 is 33.2 Å². The van der Waals surface area contributed by atoms with Crippen molar-refractivity contribution in [3.63, 3.8) is 0 Å². The van der Waals surface area contributed by atoms with Crippen LogP contribution in [0, 0.1) is 19.8 Å². The average Bonchev–Trinajstić information content (AvgIpc) is 3.02. The summed E-state index contributed by atoms with van der Waals surface area (Å²) in [6, 6.07) is 3.89. The molecule has 1 aliphatic heterocycles. The highest BCUT2D eigenvalue weighted by molar-refractivity contribution is 7.89. The molecule has 8 nitrogen and oxygen atoms in total. The van der Waals surface area contributed by atoms with Crippen molar-refractivity contribution < 1.29 is 31.3 Å². The van der Waals surface area contributed by atoms with Crippen LogP contribution in [0.2, 0.25) is 5.02 Å². The highest BCUT2D eigenvalue weighted by Gasteiger charge is 2.36. The van der Waals surface area contributed by atoms with E-state index in [1.54, 1.807) is 6.92 Å². The number of hydrogen-bond donors (Lipinski definition) is 1. The van der Waals surface area contributed by atoms with Crippen molar-refractivity contribution in [3.8, 4) is 5.75 Å². The second kappa shape index (κ2) is 8.86. The molecule has 164 valence electrons. The van der Waals surface area contributed by atoms with Gasteiger partial charge in [0.2, 0.25) is 15.9 Å². The van der Waals surface area contributed by atoms with Crippen LogP contribution >= 0.6 is 11.6 Å². The van der Waals surface area contributed by atoms with E-state index in [0.717, 1.165) is 0 Å². The molecule has 1 unspecified atom stereocenters. The number of aryl methyl sites for hydroxylation is 2. The zero-order valence-electron chi connectivity index (χ0n) is 16.2. The van der Waals surface area contributed by atoms with Crippen molar-refractivity contribution in [1.82, 2.24) is 9.46 Å². The Bertz CT molecular complexity index is 1020. The van der Waals surface area contributed by atoms with Gasteiger partial charge < -0.3 is 14.6 Å². The molecule has 0 saturated carbocycles. The SMILES string of the molecule is Cc1noc(C)c1S(=O)(=O)N1CCCC(C(=O)Nc2ccc(OC(F)F)c(Cl)c2)C1. The average molecular weight is 464 g/mol. The van der Waals surface area contributed by atoms with Crippen LogP contribution in [0.4, 0.5) is 14.5 Å². The smallest absolute Gasteiger partial charge is 0.387 e. The number of sulfonamides is 1. The third-order valence-electron chi connectivity index (χ3n) is 4.74. The molecule has 2 aromatic rings. The minimum absolute atomic E-state index is 0.00145. The Hall–Kier alpha value is -2.24. The van der Waals surface area contributed by atoms with Crippen LogP contribution in [0.3, 0.4) is 0 Å². The van der Waals surface area contributed by atoms with Gasteiger partial charge in [-0.25, -0.2) is 8.42 Å². The number of alkyl halides is 2. The minimum Gasteiger partial charge on any atom is -0.433 e. The van der Waals surface area contributed by atoms with Gasteiger partial charge in [0.15, 0.2) is 5.76 Å². The lowest BCUT2D eigenvalue weighted by atomic mass is 9.98. The van der Waals surface area contributed by atoms with Crippen LogP contribution < -0.4 is 10.1 Å². The molecule has 1 saturated heterocycles. The third-order valence-corrected chi connectivity index (χ3v) is 7.14. The first kappa shape index (κ1) is 22.4. The van der Waals surface area contributed by atoms with Crippen LogP contribution in [-0.2, 0) is 14.8 Å². The summed E-state index contributed by atoms with van der Waals surface area (Å²) >= 11 is 5.90. The van der Waals surface area contributed by atoms with Gasteiger partial charge in [0.25, 0.3) is 0 Å². The van der Waals surface area contributed by atoms with E-state index in [-0.39, 0.29) is 45.9 Å². The monoisotopic (exact) mass is 463 g/mol. The number of carbonyl (C=O) groups excluding carboxylic acids is 1. The lowest BCUT2D eigenvalue weighted by molar-refractivity contribution is -0.120. The number of piperidine rings is 1. The quantitative estimate of drug-likeness (QED) is 0.702. The number of hydrogen-bond acceptors (Lipinski definition) is 6. The maximum Gasteiger partial charge on any atom is 0.387 e. The number of ether oxygens (including phenoxy) is 1. The molecule has 1 aromatic heterocycles. The van der Waals surface area contributed by atoms with Gasteiger partial charge in [-0.1, -0.05) is 16.8 Å². The van der Waals surface area contributed by atoms with Gasteiger partial charge in [-0.05, 0) is 44.9 Å². The second-order valence-corrected chi connectivity index (χ2v) is 9.15. The normalized spacial score (nSPS) is 17.9. The van der Waals surface area contributed by atoms with Crippen LogP contribution in [0.5, 0.6) is 5.75 Å². The number of nitrogens with one attached hydrogen (secondary N) is 1. The van der Waals surface area contributed by atoms with E-state index < -0.39 is 28.5 Å². The lowest BCUT2D eigenvalue weighted by Crippen LogP contribution is -2.43. The Morgan fingerprint density at radius 1 is 1.40 bits per heavy atom. The zero-order valence-corrected chi connectivity index (χ0v) is 17.8. The topological polar surface area (TPSA) is 102 Å². The van der Waals surface area contributed by atoms with E-state index in [2.05, 4.69) is 15.2 Å². The number of benzene rings is 1. The molecule has 0 radical (unpaired) electrons. The summed E-state index contributed by atoms with van der Waals surface area (Å²) in [6.07, 6.45) is 1.00. The van der Waals surface area contributed by atoms with Gasteiger partial charge in [0.1, 0.15) is 16.3 Å². The molecule has 1 N–H and O–H groups in total. The molecule has 30 heavy (non-hydrogen) atoms. The van der Waals surface area contributed by atoms with Crippen molar-refractivity contribution in [3.05, 3.63) is 34.7 Å². The van der Waals surface area contributed by atoms with E-state index in [4.69, 9.17) is 16.1 Å². The largest absolute Gasteiger partial charge is 0.433 e. The summed E-state index contributed by atoms with van der Waals surface area (Å²) in [4.78, 5) is 12.7. The maximum atomic E-state index is 13.0. The predicted molar refractivity (Wildman–Crippen MR) is 104 cm³/mol. The molecule has 1 atom stereocenters. The van der Waals surface area contributed by atoms with Gasteiger partial charge in [-0.15, -0.1) is 0 Å². The zero-order chi connectivity index (χ0) is 22.1. The standard InChI is InChI=1S/C18H20ClF2N3O5S/c1-10-16(11(2)29-23-10)30(26,27)24-7-3-4-12(9-24)17(25)22-13-5-6-15(14(19)8-13)28-18(20)21/h5-6,8,12,18H,3-4,7,9H2,1-2H3,(H,22,25). The van der Waals surface area contributed by atoms with Gasteiger partial charge in [-0.3, -0.25) is 4.79 Å². The van der Waals surface area contributed by atoms with E-state index >= 15 is 0 Å². The first-order chi connectivity index (χ1) is 14.1. The Morgan fingerprint density at radius 3 is 2.73 bits per heavy atom. The first-order valence-corrected chi connectivity index (χ1v) is 10.9. The number of rotatable bonds is 6. The Labute approximate surface area is 177 Å². The summed E-state index contributed by atoms with van der Waals surface area (Å²) in [6.45, 7) is 0.325. The first-order valence-electron chi connectivity index (χ1n) is 9.08.